The van der Waals surface area contributed by atoms with E-state index in [0.29, 0.717) is 10.7 Å². The highest BCUT2D eigenvalue weighted by molar-refractivity contribution is 6.30. The first kappa shape index (κ1) is 17.3. The van der Waals surface area contributed by atoms with Gasteiger partial charge < -0.3 is 15.0 Å². The standard InChI is InChI=1S/C16H19ClN2O4/c1-16(2,15(22)23-3)18-14(21)10-8-13(20)19(9-10)12-6-4-11(17)5-7-12/h4-7,10H,8-9H2,1-3H3,(H,18,21)/t10-/m1/s1. The number of carbonyl (C=O) groups excluding carboxylic acids is 3. The molecular formula is C16H19ClN2O4. The van der Waals surface area contributed by atoms with E-state index < -0.39 is 17.4 Å². The summed E-state index contributed by atoms with van der Waals surface area (Å²) in [5.41, 5.74) is -0.440. The lowest BCUT2D eigenvalue weighted by molar-refractivity contribution is -0.149. The van der Waals surface area contributed by atoms with E-state index in [1.807, 2.05) is 0 Å². The minimum atomic E-state index is -1.14. The molecule has 1 aromatic rings. The lowest BCUT2D eigenvalue weighted by Crippen LogP contribution is -2.52. The number of hydrogen-bond donors (Lipinski definition) is 1. The fourth-order valence-electron chi connectivity index (χ4n) is 2.47. The summed E-state index contributed by atoms with van der Waals surface area (Å²) in [6, 6.07) is 6.85. The molecule has 2 rings (SSSR count). The second kappa shape index (κ2) is 6.58. The van der Waals surface area contributed by atoms with Crippen molar-refractivity contribution in [2.75, 3.05) is 18.6 Å². The largest absolute Gasteiger partial charge is 0.467 e. The maximum atomic E-state index is 12.3. The number of esters is 1. The monoisotopic (exact) mass is 338 g/mol. The van der Waals surface area contributed by atoms with Gasteiger partial charge in [0, 0.05) is 23.7 Å². The molecule has 1 aromatic carbocycles. The summed E-state index contributed by atoms with van der Waals surface area (Å²) in [6.45, 7) is 3.39. The van der Waals surface area contributed by atoms with Gasteiger partial charge in [-0.2, -0.15) is 0 Å². The van der Waals surface area contributed by atoms with Gasteiger partial charge >= 0.3 is 5.97 Å². The van der Waals surface area contributed by atoms with Crippen molar-refractivity contribution >= 4 is 35.1 Å². The van der Waals surface area contributed by atoms with E-state index in [9.17, 15) is 14.4 Å². The van der Waals surface area contributed by atoms with Crippen LogP contribution in [0.25, 0.3) is 0 Å². The number of ether oxygens (including phenoxy) is 1. The summed E-state index contributed by atoms with van der Waals surface area (Å²) in [5.74, 6) is -1.53. The van der Waals surface area contributed by atoms with Gasteiger partial charge in [-0.1, -0.05) is 11.6 Å². The van der Waals surface area contributed by atoms with Gasteiger partial charge in [-0.05, 0) is 38.1 Å². The fourth-order valence-corrected chi connectivity index (χ4v) is 2.60. The summed E-state index contributed by atoms with van der Waals surface area (Å²) >= 11 is 5.84. The van der Waals surface area contributed by atoms with Gasteiger partial charge in [-0.15, -0.1) is 0 Å². The van der Waals surface area contributed by atoms with Crippen molar-refractivity contribution in [2.24, 2.45) is 5.92 Å². The molecule has 1 saturated heterocycles. The van der Waals surface area contributed by atoms with Crippen LogP contribution in [0.3, 0.4) is 0 Å². The van der Waals surface area contributed by atoms with Crippen molar-refractivity contribution in [2.45, 2.75) is 25.8 Å². The van der Waals surface area contributed by atoms with Gasteiger partial charge in [0.05, 0.1) is 13.0 Å². The van der Waals surface area contributed by atoms with E-state index in [4.69, 9.17) is 11.6 Å². The average Bonchev–Trinajstić information content (AvgIpc) is 2.89. The lowest BCUT2D eigenvalue weighted by atomic mass is 10.0. The highest BCUT2D eigenvalue weighted by Gasteiger charge is 2.39. The van der Waals surface area contributed by atoms with Crippen LogP contribution in [-0.2, 0) is 19.1 Å². The molecule has 23 heavy (non-hydrogen) atoms. The van der Waals surface area contributed by atoms with Gasteiger partial charge in [0.1, 0.15) is 5.54 Å². The Kier molecular flexibility index (Phi) is 4.94. The predicted molar refractivity (Wildman–Crippen MR) is 86.1 cm³/mol. The minimum Gasteiger partial charge on any atom is -0.467 e. The summed E-state index contributed by atoms with van der Waals surface area (Å²) in [5, 5.41) is 3.22. The number of amides is 2. The van der Waals surface area contributed by atoms with Gasteiger partial charge in [-0.25, -0.2) is 4.79 Å². The first-order chi connectivity index (χ1) is 10.7. The number of benzene rings is 1. The molecule has 1 fully saturated rings. The van der Waals surface area contributed by atoms with Crippen LogP contribution in [0.4, 0.5) is 5.69 Å². The van der Waals surface area contributed by atoms with Crippen LogP contribution in [0, 0.1) is 5.92 Å². The topological polar surface area (TPSA) is 75.7 Å². The Bertz CT molecular complexity index is 627. The van der Waals surface area contributed by atoms with Crippen molar-refractivity contribution in [1.82, 2.24) is 5.32 Å². The highest BCUT2D eigenvalue weighted by Crippen LogP contribution is 2.26. The number of nitrogens with zero attached hydrogens (tertiary/aromatic N) is 1. The SMILES string of the molecule is COC(=O)C(C)(C)NC(=O)[C@@H]1CC(=O)N(c2ccc(Cl)cc2)C1. The van der Waals surface area contributed by atoms with Crippen molar-refractivity contribution in [3.8, 4) is 0 Å². The van der Waals surface area contributed by atoms with E-state index in [-0.39, 0.29) is 24.8 Å². The molecule has 0 aliphatic carbocycles. The Morgan fingerprint density at radius 3 is 2.48 bits per heavy atom. The number of anilines is 1. The zero-order chi connectivity index (χ0) is 17.2. The second-order valence-electron chi connectivity index (χ2n) is 5.99. The minimum absolute atomic E-state index is 0.103. The van der Waals surface area contributed by atoms with Crippen LogP contribution in [0.2, 0.25) is 5.02 Å². The molecule has 1 N–H and O–H groups in total. The van der Waals surface area contributed by atoms with Crippen molar-refractivity contribution in [3.63, 3.8) is 0 Å². The first-order valence-corrected chi connectivity index (χ1v) is 7.59. The number of carbonyl (C=O) groups is 3. The zero-order valence-corrected chi connectivity index (χ0v) is 14.0. The molecule has 0 spiro atoms. The summed E-state index contributed by atoms with van der Waals surface area (Å²) in [7, 11) is 1.26. The molecule has 0 saturated carbocycles. The lowest BCUT2D eigenvalue weighted by Gasteiger charge is -2.25. The molecule has 124 valence electrons. The Morgan fingerprint density at radius 2 is 1.91 bits per heavy atom. The van der Waals surface area contributed by atoms with Crippen molar-refractivity contribution in [3.05, 3.63) is 29.3 Å². The molecule has 0 radical (unpaired) electrons. The van der Waals surface area contributed by atoms with Gasteiger partial charge in [0.2, 0.25) is 11.8 Å². The van der Waals surface area contributed by atoms with Gasteiger partial charge in [-0.3, -0.25) is 9.59 Å². The zero-order valence-electron chi connectivity index (χ0n) is 13.3. The Hall–Kier alpha value is -2.08. The number of methoxy groups -OCH3 is 1. The molecule has 6 nitrogen and oxygen atoms in total. The Labute approximate surface area is 139 Å². The first-order valence-electron chi connectivity index (χ1n) is 7.21. The Balaban J connectivity index is 2.06. The molecule has 1 heterocycles. The fraction of sp³-hybridized carbons (Fsp3) is 0.438. The van der Waals surface area contributed by atoms with Crippen LogP contribution in [-0.4, -0.2) is 37.0 Å². The third-order valence-corrected chi connectivity index (χ3v) is 4.02. The highest BCUT2D eigenvalue weighted by atomic mass is 35.5. The van der Waals surface area contributed by atoms with Crippen molar-refractivity contribution in [1.29, 1.82) is 0 Å². The van der Waals surface area contributed by atoms with E-state index >= 15 is 0 Å². The predicted octanol–water partition coefficient (Wildman–Crippen LogP) is 1.76. The molecule has 0 unspecified atom stereocenters. The van der Waals surface area contributed by atoms with E-state index in [2.05, 4.69) is 10.1 Å². The normalized spacial score (nSPS) is 18.0. The maximum Gasteiger partial charge on any atom is 0.330 e. The van der Waals surface area contributed by atoms with Gasteiger partial charge in [0.15, 0.2) is 0 Å². The van der Waals surface area contributed by atoms with Crippen molar-refractivity contribution < 1.29 is 19.1 Å². The summed E-state index contributed by atoms with van der Waals surface area (Å²) in [6.07, 6.45) is 0.103. The third-order valence-electron chi connectivity index (χ3n) is 3.77. The molecule has 1 aliphatic heterocycles. The van der Waals surface area contributed by atoms with Crippen LogP contribution in [0.1, 0.15) is 20.3 Å². The number of hydrogen-bond acceptors (Lipinski definition) is 4. The van der Waals surface area contributed by atoms with Gasteiger partial charge in [0.25, 0.3) is 0 Å². The Morgan fingerprint density at radius 1 is 1.30 bits per heavy atom. The smallest absolute Gasteiger partial charge is 0.330 e. The number of halogens is 1. The quantitative estimate of drug-likeness (QED) is 0.849. The van der Waals surface area contributed by atoms with Crippen LogP contribution in [0.15, 0.2) is 24.3 Å². The molecular weight excluding hydrogens is 320 g/mol. The maximum absolute atomic E-state index is 12.3. The summed E-state index contributed by atoms with van der Waals surface area (Å²) < 4.78 is 4.66. The molecule has 0 bridgehead atoms. The molecule has 1 atom stereocenters. The van der Waals surface area contributed by atoms with Crippen LogP contribution >= 0.6 is 11.6 Å². The molecule has 0 aromatic heterocycles. The second-order valence-corrected chi connectivity index (χ2v) is 6.42. The van der Waals surface area contributed by atoms with E-state index in [0.717, 1.165) is 0 Å². The van der Waals surface area contributed by atoms with E-state index in [1.165, 1.54) is 7.11 Å². The van der Waals surface area contributed by atoms with Crippen LogP contribution in [0.5, 0.6) is 0 Å². The molecule has 1 aliphatic rings. The third kappa shape index (κ3) is 3.82. The average molecular weight is 339 g/mol. The number of nitrogens with one attached hydrogen (secondary N) is 1. The molecule has 2 amide bonds. The summed E-state index contributed by atoms with van der Waals surface area (Å²) in [4.78, 5) is 37.7. The number of rotatable bonds is 4. The van der Waals surface area contributed by atoms with Crippen LogP contribution < -0.4 is 10.2 Å². The molecule has 7 heteroatoms. The van der Waals surface area contributed by atoms with E-state index in [1.54, 1.807) is 43.0 Å².